The summed E-state index contributed by atoms with van der Waals surface area (Å²) in [5, 5.41) is 4.43. The van der Waals surface area contributed by atoms with Crippen molar-refractivity contribution in [3.63, 3.8) is 0 Å². The van der Waals surface area contributed by atoms with Crippen molar-refractivity contribution < 1.29 is 14.0 Å². The van der Waals surface area contributed by atoms with Crippen LogP contribution in [0.5, 0.6) is 0 Å². The number of allylic oxidation sites excluding steroid dienone is 2. The van der Waals surface area contributed by atoms with Gasteiger partial charge in [-0.3, -0.25) is 4.79 Å². The number of fused-ring (bicyclic) bond motifs is 5. The number of hydrogen-bond donors (Lipinski definition) is 1. The van der Waals surface area contributed by atoms with E-state index in [4.69, 9.17) is 15.0 Å². The summed E-state index contributed by atoms with van der Waals surface area (Å²) in [6.45, 7) is 5.55. The van der Waals surface area contributed by atoms with E-state index in [-0.39, 0.29) is 10.8 Å². The lowest BCUT2D eigenvalue weighted by atomic mass is 9.47. The van der Waals surface area contributed by atoms with Crippen molar-refractivity contribution in [2.24, 2.45) is 39.5 Å². The molecule has 31 heavy (non-hydrogen) atoms. The number of hydrogen-bond acceptors (Lipinski definition) is 6. The first-order valence-electron chi connectivity index (χ1n) is 12.0. The lowest BCUT2D eigenvalue weighted by Crippen LogP contribution is -2.50. The fourth-order valence-electron chi connectivity index (χ4n) is 7.23. The lowest BCUT2D eigenvalue weighted by molar-refractivity contribution is -0.132. The first-order chi connectivity index (χ1) is 14.9. The van der Waals surface area contributed by atoms with E-state index in [1.807, 2.05) is 0 Å². The molecule has 6 heteroatoms. The van der Waals surface area contributed by atoms with Crippen molar-refractivity contribution in [2.45, 2.75) is 78.2 Å². The number of oxazole rings is 1. The summed E-state index contributed by atoms with van der Waals surface area (Å²) in [5.41, 5.74) is 8.37. The minimum Gasteiger partial charge on any atom is -0.444 e. The minimum absolute atomic E-state index is 0.0400. The zero-order valence-electron chi connectivity index (χ0n) is 18.9. The summed E-state index contributed by atoms with van der Waals surface area (Å²) in [6, 6.07) is 0. The Hall–Kier alpha value is -1.95. The molecule has 1 aromatic rings. The summed E-state index contributed by atoms with van der Waals surface area (Å²) in [4.78, 5) is 22.4. The van der Waals surface area contributed by atoms with Crippen LogP contribution >= 0.6 is 0 Å². The SMILES string of the molecule is C[C@]12CC/C(=N/OCCc3ncc(CN)o3)C=C1CCC1C2CC[C@]2(C)C(=O)CCC12. The summed E-state index contributed by atoms with van der Waals surface area (Å²) in [5.74, 6) is 3.88. The maximum absolute atomic E-state index is 12.6. The van der Waals surface area contributed by atoms with Gasteiger partial charge in [0.05, 0.1) is 24.9 Å². The van der Waals surface area contributed by atoms with Crippen LogP contribution in [0, 0.1) is 28.6 Å². The van der Waals surface area contributed by atoms with E-state index in [9.17, 15) is 4.79 Å². The molecule has 3 unspecified atom stereocenters. The molecule has 4 aliphatic carbocycles. The largest absolute Gasteiger partial charge is 0.444 e. The molecule has 0 radical (unpaired) electrons. The second-order valence-electron chi connectivity index (χ2n) is 10.5. The Morgan fingerprint density at radius 2 is 2.00 bits per heavy atom. The van der Waals surface area contributed by atoms with Gasteiger partial charge >= 0.3 is 0 Å². The molecule has 0 bridgehead atoms. The molecule has 0 aromatic carbocycles. The van der Waals surface area contributed by atoms with E-state index >= 15 is 0 Å². The Kier molecular flexibility index (Phi) is 5.32. The zero-order chi connectivity index (χ0) is 21.6. The molecule has 6 nitrogen and oxygen atoms in total. The van der Waals surface area contributed by atoms with E-state index in [1.165, 1.54) is 12.8 Å². The molecule has 0 aliphatic heterocycles. The number of nitrogens with two attached hydrogens (primary N) is 1. The van der Waals surface area contributed by atoms with Gasteiger partial charge in [-0.05, 0) is 74.2 Å². The van der Waals surface area contributed by atoms with Gasteiger partial charge in [0, 0.05) is 11.8 Å². The molecular weight excluding hydrogens is 390 g/mol. The van der Waals surface area contributed by atoms with Crippen molar-refractivity contribution in [2.75, 3.05) is 6.61 Å². The lowest BCUT2D eigenvalue weighted by Gasteiger charge is -2.57. The highest BCUT2D eigenvalue weighted by Gasteiger charge is 2.58. The van der Waals surface area contributed by atoms with Crippen LogP contribution in [0.1, 0.15) is 76.9 Å². The van der Waals surface area contributed by atoms with Gasteiger partial charge in [-0.25, -0.2) is 4.98 Å². The fourth-order valence-corrected chi connectivity index (χ4v) is 7.23. The molecule has 1 aromatic heterocycles. The van der Waals surface area contributed by atoms with Gasteiger partial charge in [0.2, 0.25) is 0 Å². The van der Waals surface area contributed by atoms with Gasteiger partial charge in [-0.15, -0.1) is 0 Å². The summed E-state index contributed by atoms with van der Waals surface area (Å²) in [6.07, 6.45) is 13.2. The van der Waals surface area contributed by atoms with Gasteiger partial charge in [0.1, 0.15) is 18.2 Å². The van der Waals surface area contributed by atoms with Crippen LogP contribution in [0.4, 0.5) is 0 Å². The highest BCUT2D eigenvalue weighted by Crippen LogP contribution is 2.64. The number of nitrogens with zero attached hydrogens (tertiary/aromatic N) is 2. The Morgan fingerprint density at radius 3 is 2.81 bits per heavy atom. The first-order valence-corrected chi connectivity index (χ1v) is 12.0. The third kappa shape index (κ3) is 3.47. The molecule has 0 saturated heterocycles. The monoisotopic (exact) mass is 425 g/mol. The normalized spacial score (nSPS) is 38.4. The number of carbonyl (C=O) groups is 1. The van der Waals surface area contributed by atoms with Gasteiger partial charge in [-0.1, -0.05) is 24.6 Å². The van der Waals surface area contributed by atoms with Gasteiger partial charge in [0.15, 0.2) is 5.89 Å². The van der Waals surface area contributed by atoms with Crippen LogP contribution in [0.3, 0.4) is 0 Å². The van der Waals surface area contributed by atoms with E-state index in [0.717, 1.165) is 44.2 Å². The second kappa shape index (κ2) is 7.88. The molecule has 5 rings (SSSR count). The maximum atomic E-state index is 12.6. The van der Waals surface area contributed by atoms with E-state index in [2.05, 4.69) is 30.1 Å². The quantitative estimate of drug-likeness (QED) is 0.551. The molecular formula is C25H35N3O3. The van der Waals surface area contributed by atoms with Crippen LogP contribution in [0.2, 0.25) is 0 Å². The van der Waals surface area contributed by atoms with E-state index < -0.39 is 0 Å². The molecule has 168 valence electrons. The molecule has 4 aliphatic rings. The van der Waals surface area contributed by atoms with Crippen LogP contribution < -0.4 is 5.73 Å². The first kappa shape index (κ1) is 20.9. The number of oxime groups is 1. The van der Waals surface area contributed by atoms with Gasteiger partial charge in [-0.2, -0.15) is 0 Å². The highest BCUT2D eigenvalue weighted by molar-refractivity contribution is 5.96. The third-order valence-electron chi connectivity index (χ3n) is 9.08. The van der Waals surface area contributed by atoms with Crippen molar-refractivity contribution in [3.8, 4) is 0 Å². The molecule has 1 heterocycles. The zero-order valence-corrected chi connectivity index (χ0v) is 18.9. The Balaban J connectivity index is 1.24. The minimum atomic E-state index is -0.0400. The van der Waals surface area contributed by atoms with Crippen molar-refractivity contribution >= 4 is 11.5 Å². The van der Waals surface area contributed by atoms with Crippen molar-refractivity contribution in [3.05, 3.63) is 29.5 Å². The second-order valence-corrected chi connectivity index (χ2v) is 10.5. The van der Waals surface area contributed by atoms with E-state index in [0.29, 0.717) is 54.8 Å². The van der Waals surface area contributed by atoms with Gasteiger partial charge in [0.25, 0.3) is 0 Å². The summed E-state index contributed by atoms with van der Waals surface area (Å²) >= 11 is 0. The predicted molar refractivity (Wildman–Crippen MR) is 118 cm³/mol. The number of rotatable bonds is 5. The molecule has 0 spiro atoms. The number of ketones is 1. The topological polar surface area (TPSA) is 90.7 Å². The fraction of sp³-hybridized carbons (Fsp3) is 0.720. The molecule has 5 atom stereocenters. The molecule has 2 N–H and O–H groups in total. The standard InChI is InChI=1S/C25H35N3O3/c1-24-10-7-17(28-30-12-9-23-27-15-18(14-26)31-23)13-16(24)3-4-19-20-5-6-22(29)25(20,2)11-8-21(19)24/h13,15,19-21H,3-12,14,26H2,1-2H3/b28-17-/t19?,20?,21?,24-,25-/m0/s1. The molecule has 3 fully saturated rings. The summed E-state index contributed by atoms with van der Waals surface area (Å²) in [7, 11) is 0. The van der Waals surface area contributed by atoms with Crippen LogP contribution in [-0.4, -0.2) is 23.1 Å². The molecule has 3 saturated carbocycles. The number of carbonyl (C=O) groups excluding carboxylic acids is 1. The highest BCUT2D eigenvalue weighted by atomic mass is 16.6. The Morgan fingerprint density at radius 1 is 1.16 bits per heavy atom. The number of aromatic nitrogens is 1. The van der Waals surface area contributed by atoms with Crippen LogP contribution in [0.25, 0.3) is 0 Å². The Bertz CT molecular complexity index is 919. The predicted octanol–water partition coefficient (Wildman–Crippen LogP) is 4.58. The van der Waals surface area contributed by atoms with Crippen LogP contribution in [0.15, 0.2) is 27.4 Å². The average Bonchev–Trinajstić information content (AvgIpc) is 3.35. The van der Waals surface area contributed by atoms with Crippen molar-refractivity contribution in [1.29, 1.82) is 0 Å². The average molecular weight is 426 g/mol. The van der Waals surface area contributed by atoms with E-state index in [1.54, 1.807) is 11.8 Å². The Labute approximate surface area is 184 Å². The third-order valence-corrected chi connectivity index (χ3v) is 9.08. The molecule has 0 amide bonds. The maximum Gasteiger partial charge on any atom is 0.197 e. The van der Waals surface area contributed by atoms with Gasteiger partial charge < -0.3 is 15.0 Å². The summed E-state index contributed by atoms with van der Waals surface area (Å²) < 4.78 is 5.51. The van der Waals surface area contributed by atoms with Crippen LogP contribution in [-0.2, 0) is 22.6 Å². The van der Waals surface area contributed by atoms with Crippen molar-refractivity contribution in [1.82, 2.24) is 4.98 Å². The number of Topliss-reactive ketones (excluding diaryl/α,β-unsaturated/α-hetero) is 1. The smallest absolute Gasteiger partial charge is 0.197 e.